The maximum Gasteiger partial charge on any atom is 0.212 e. The minimum atomic E-state index is -2.32. The van der Waals surface area contributed by atoms with E-state index in [0.29, 0.717) is 24.0 Å². The van der Waals surface area contributed by atoms with E-state index in [2.05, 4.69) is 0 Å². The molecule has 0 aliphatic rings. The van der Waals surface area contributed by atoms with Gasteiger partial charge >= 0.3 is 0 Å². The summed E-state index contributed by atoms with van der Waals surface area (Å²) in [4.78, 5) is 0. The molecule has 0 unspecified atom stereocenters. The number of hydrogen-bond acceptors (Lipinski definition) is 0. The van der Waals surface area contributed by atoms with E-state index < -0.39 is 20.1 Å². The molecule has 0 amide bonds. The second-order valence-corrected chi connectivity index (χ2v) is 7.06. The molecule has 0 bridgehead atoms. The lowest BCUT2D eigenvalue weighted by Crippen LogP contribution is -2.31. The molecule has 0 aliphatic carbocycles. The highest BCUT2D eigenvalue weighted by Gasteiger charge is 2.16. The molecular formula is C26H32N+. The second-order valence-electron chi connectivity index (χ2n) is 7.06. The molecular weight excluding hydrogens is 326 g/mol. The highest BCUT2D eigenvalue weighted by molar-refractivity contribution is 5.75. The van der Waals surface area contributed by atoms with Crippen LogP contribution >= 0.6 is 0 Å². The minimum Gasteiger partial charge on any atom is -0.201 e. The fraction of sp³-hybridized carbons (Fsp3) is 0.346. The number of nitrogens with zero attached hydrogens (tertiary/aromatic N) is 1. The number of benzene rings is 2. The van der Waals surface area contributed by atoms with Gasteiger partial charge in [0, 0.05) is 28.2 Å². The van der Waals surface area contributed by atoms with E-state index in [1.54, 1.807) is 30.8 Å². The van der Waals surface area contributed by atoms with Gasteiger partial charge in [0.05, 0.1) is 0 Å². The monoisotopic (exact) mass is 366 g/mol. The SMILES string of the molecule is [2H]C([2H])(CC)Cc1ccc(-c2cc(-c3cc(C)c(C([2H])([2H])[2H])c[n+]3C)c(C)cc2C([2H])([2H])[2H])cc1. The molecule has 3 rings (SSSR count). The van der Waals surface area contributed by atoms with E-state index in [4.69, 9.17) is 11.0 Å². The molecule has 0 N–H and O–H groups in total. The zero-order chi connectivity index (χ0) is 26.3. The number of aryl methyl sites for hydroxylation is 6. The zero-order valence-electron chi connectivity index (χ0n) is 24.5. The Morgan fingerprint density at radius 2 is 1.63 bits per heavy atom. The fourth-order valence-electron chi connectivity index (χ4n) is 3.31. The third-order valence-electron chi connectivity index (χ3n) is 4.97. The topological polar surface area (TPSA) is 3.88 Å². The van der Waals surface area contributed by atoms with E-state index in [1.807, 2.05) is 50.2 Å². The average Bonchev–Trinajstić information content (AvgIpc) is 2.74. The summed E-state index contributed by atoms with van der Waals surface area (Å²) in [6.45, 7) is 0.904. The Balaban J connectivity index is 2.18. The van der Waals surface area contributed by atoms with Crippen LogP contribution in [0.1, 0.15) is 58.5 Å². The van der Waals surface area contributed by atoms with Crippen molar-refractivity contribution < 1.29 is 15.5 Å². The molecule has 0 radical (unpaired) electrons. The van der Waals surface area contributed by atoms with Gasteiger partial charge in [-0.1, -0.05) is 43.7 Å². The lowest BCUT2D eigenvalue weighted by molar-refractivity contribution is -0.660. The highest BCUT2D eigenvalue weighted by Crippen LogP contribution is 2.31. The van der Waals surface area contributed by atoms with Crippen LogP contribution in [0.3, 0.4) is 0 Å². The molecule has 1 heteroatoms. The van der Waals surface area contributed by atoms with Crippen LogP contribution in [0.25, 0.3) is 22.4 Å². The summed E-state index contributed by atoms with van der Waals surface area (Å²) in [6.07, 6.45) is 1.02. The predicted molar refractivity (Wildman–Crippen MR) is 116 cm³/mol. The zero-order valence-corrected chi connectivity index (χ0v) is 16.5. The molecule has 0 aliphatic heterocycles. The minimum absolute atomic E-state index is 0.244. The van der Waals surface area contributed by atoms with Gasteiger partial charge in [0.1, 0.15) is 7.05 Å². The molecule has 140 valence electrons. The number of aromatic nitrogens is 1. The maximum atomic E-state index is 8.11. The molecule has 1 nitrogen and oxygen atoms in total. The summed E-state index contributed by atoms with van der Waals surface area (Å²) in [5, 5.41) is 0. The van der Waals surface area contributed by atoms with Crippen LogP contribution in [0.15, 0.2) is 48.7 Å². The van der Waals surface area contributed by atoms with Gasteiger partial charge in [0.15, 0.2) is 6.20 Å². The molecule has 0 spiro atoms. The summed E-state index contributed by atoms with van der Waals surface area (Å²) >= 11 is 0. The summed E-state index contributed by atoms with van der Waals surface area (Å²) in [7, 11) is 1.79. The van der Waals surface area contributed by atoms with Gasteiger partial charge < -0.3 is 0 Å². The molecule has 1 heterocycles. The third kappa shape index (κ3) is 4.13. The first-order valence-corrected chi connectivity index (χ1v) is 9.29. The van der Waals surface area contributed by atoms with Crippen LogP contribution in [0.4, 0.5) is 0 Å². The first-order chi connectivity index (χ1) is 16.0. The number of rotatable bonds is 5. The van der Waals surface area contributed by atoms with E-state index in [9.17, 15) is 0 Å². The molecule has 27 heavy (non-hydrogen) atoms. The summed E-state index contributed by atoms with van der Waals surface area (Å²) in [5.41, 5.74) is 5.73. The van der Waals surface area contributed by atoms with Crippen molar-refractivity contribution in [3.63, 3.8) is 0 Å². The van der Waals surface area contributed by atoms with Crippen molar-refractivity contribution in [3.8, 4) is 22.4 Å². The van der Waals surface area contributed by atoms with E-state index >= 15 is 0 Å². The van der Waals surface area contributed by atoms with Crippen LogP contribution in [0.5, 0.6) is 0 Å². The molecule has 3 aromatic rings. The lowest BCUT2D eigenvalue weighted by Gasteiger charge is -2.13. The fourth-order valence-corrected chi connectivity index (χ4v) is 3.31. The quantitative estimate of drug-likeness (QED) is 0.459. The van der Waals surface area contributed by atoms with Crippen molar-refractivity contribution >= 4 is 0 Å². The average molecular weight is 367 g/mol. The van der Waals surface area contributed by atoms with Gasteiger partial charge in [0.2, 0.25) is 5.69 Å². The van der Waals surface area contributed by atoms with Crippen molar-refractivity contribution in [2.24, 2.45) is 7.05 Å². The Morgan fingerprint density at radius 3 is 2.30 bits per heavy atom. The van der Waals surface area contributed by atoms with E-state index in [-0.39, 0.29) is 11.1 Å². The molecule has 2 aromatic carbocycles. The second kappa shape index (κ2) is 8.08. The molecule has 0 atom stereocenters. The van der Waals surface area contributed by atoms with Crippen molar-refractivity contribution in [2.45, 2.75) is 53.7 Å². The van der Waals surface area contributed by atoms with Gasteiger partial charge in [-0.15, -0.1) is 0 Å². The molecule has 1 aromatic heterocycles. The lowest BCUT2D eigenvalue weighted by atomic mass is 9.92. The Hall–Kier alpha value is -2.41. The Morgan fingerprint density at radius 1 is 0.889 bits per heavy atom. The first kappa shape index (κ1) is 11.4. The third-order valence-corrected chi connectivity index (χ3v) is 4.97. The molecule has 0 fully saturated rings. The number of hydrogen-bond donors (Lipinski definition) is 0. The Kier molecular flexibility index (Phi) is 3.42. The molecule has 0 saturated heterocycles. The van der Waals surface area contributed by atoms with Crippen LogP contribution in [-0.4, -0.2) is 0 Å². The van der Waals surface area contributed by atoms with E-state index in [0.717, 1.165) is 27.9 Å². The normalized spacial score (nSPS) is 16.9. The summed E-state index contributed by atoms with van der Waals surface area (Å²) in [5.74, 6) is 0. The van der Waals surface area contributed by atoms with Crippen LogP contribution in [-0.2, 0) is 13.5 Å². The van der Waals surface area contributed by atoms with Gasteiger partial charge in [-0.2, -0.15) is 0 Å². The van der Waals surface area contributed by atoms with Crippen LogP contribution < -0.4 is 4.57 Å². The van der Waals surface area contributed by atoms with Crippen molar-refractivity contribution in [3.05, 3.63) is 76.5 Å². The van der Waals surface area contributed by atoms with Crippen molar-refractivity contribution in [2.75, 3.05) is 0 Å². The number of pyridine rings is 1. The summed E-state index contributed by atoms with van der Waals surface area (Å²) in [6, 6.07) is 12.8. The van der Waals surface area contributed by atoms with E-state index in [1.165, 1.54) is 0 Å². The smallest absolute Gasteiger partial charge is 0.201 e. The van der Waals surface area contributed by atoms with Gasteiger partial charge in [-0.25, -0.2) is 4.57 Å². The highest BCUT2D eigenvalue weighted by atomic mass is 14.9. The molecule has 0 saturated carbocycles. The Bertz CT molecular complexity index is 1220. The first-order valence-electron chi connectivity index (χ1n) is 13.3. The van der Waals surface area contributed by atoms with Crippen LogP contribution in [0, 0.1) is 27.6 Å². The largest absolute Gasteiger partial charge is 0.212 e. The van der Waals surface area contributed by atoms with Gasteiger partial charge in [-0.05, 0) is 79.8 Å². The van der Waals surface area contributed by atoms with Gasteiger partial charge in [0.25, 0.3) is 0 Å². The summed E-state index contributed by atoms with van der Waals surface area (Å²) < 4.78 is 65.5. The predicted octanol–water partition coefficient (Wildman–Crippen LogP) is 6.42. The van der Waals surface area contributed by atoms with Gasteiger partial charge in [-0.3, -0.25) is 0 Å². The standard InChI is InChI=1S/C26H32N/c1-7-8-9-22-10-12-23(13-11-22)24-16-25(20(4)14-19(24)3)26-15-18(2)21(5)17-27(26)6/h10-17H,7-9H2,1-6H3/q+1/i3D3,5D3,8D2. The van der Waals surface area contributed by atoms with Crippen molar-refractivity contribution in [1.29, 1.82) is 0 Å². The Labute approximate surface area is 175 Å². The van der Waals surface area contributed by atoms with Crippen LogP contribution in [0.2, 0.25) is 0 Å². The maximum absolute atomic E-state index is 8.11. The van der Waals surface area contributed by atoms with Crippen molar-refractivity contribution in [1.82, 2.24) is 0 Å².